The first kappa shape index (κ1) is 10.7. The Hall–Kier alpha value is -0.340. The summed E-state index contributed by atoms with van der Waals surface area (Å²) in [5.41, 5.74) is 5.06. The van der Waals surface area contributed by atoms with Crippen LogP contribution >= 0.6 is 15.9 Å². The van der Waals surface area contributed by atoms with Crippen LogP contribution in [-0.2, 0) is 6.42 Å². The van der Waals surface area contributed by atoms with Gasteiger partial charge in [0.05, 0.1) is 5.45 Å². The summed E-state index contributed by atoms with van der Waals surface area (Å²) in [6.07, 6.45) is 1.11. The second-order valence-electron chi connectivity index (χ2n) is 3.31. The number of alkyl halides is 1. The molecule has 0 atom stereocenters. The zero-order valence-corrected chi connectivity index (χ0v) is 9.82. The van der Waals surface area contributed by atoms with E-state index in [1.165, 1.54) is 16.7 Å². The Morgan fingerprint density at radius 1 is 1.31 bits per heavy atom. The minimum absolute atomic E-state index is 0.873. The molecular weight excluding hydrogens is 226 g/mol. The lowest BCUT2D eigenvalue weighted by molar-refractivity contribution is 0.776. The monoisotopic (exact) mass is 241 g/mol. The third kappa shape index (κ3) is 3.49. The molecule has 0 aromatic heterocycles. The van der Waals surface area contributed by atoms with Gasteiger partial charge in [0.15, 0.2) is 0 Å². The van der Waals surface area contributed by atoms with E-state index in [0.717, 1.165) is 18.4 Å². The first-order valence-corrected chi connectivity index (χ1v) is 5.69. The molecule has 2 heteroatoms. The van der Waals surface area contributed by atoms with E-state index in [1.54, 1.807) is 0 Å². The van der Waals surface area contributed by atoms with Gasteiger partial charge in [-0.1, -0.05) is 39.7 Å². The number of hydrogen-bond donors (Lipinski definition) is 1. The minimum atomic E-state index is 0.873. The van der Waals surface area contributed by atoms with Crippen molar-refractivity contribution in [3.8, 4) is 0 Å². The Bertz CT molecular complexity index is 271. The van der Waals surface area contributed by atoms with E-state index in [2.05, 4.69) is 53.3 Å². The Morgan fingerprint density at radius 2 is 2.08 bits per heavy atom. The van der Waals surface area contributed by atoms with Crippen molar-refractivity contribution < 1.29 is 0 Å². The maximum absolute atomic E-state index is 3.34. The Morgan fingerprint density at radius 3 is 2.69 bits per heavy atom. The van der Waals surface area contributed by atoms with Gasteiger partial charge in [0.25, 0.3) is 0 Å². The molecule has 1 nitrogen and oxygen atoms in total. The van der Waals surface area contributed by atoms with Gasteiger partial charge in [0, 0.05) is 0 Å². The molecule has 0 aliphatic carbocycles. The standard InChI is InChI=1S/C11H16BrN/c1-9-3-4-11(10(2)7-9)5-6-13-8-12/h3-4,7,13H,5-6,8H2,1-2H3. The van der Waals surface area contributed by atoms with E-state index in [-0.39, 0.29) is 0 Å². The second-order valence-corrected chi connectivity index (χ2v) is 3.87. The number of nitrogens with one attached hydrogen (secondary N) is 1. The number of hydrogen-bond acceptors (Lipinski definition) is 1. The third-order valence-electron chi connectivity index (χ3n) is 2.16. The highest BCUT2D eigenvalue weighted by Crippen LogP contribution is 2.10. The van der Waals surface area contributed by atoms with E-state index in [9.17, 15) is 0 Å². The van der Waals surface area contributed by atoms with E-state index in [4.69, 9.17) is 0 Å². The molecule has 0 heterocycles. The highest BCUT2D eigenvalue weighted by Gasteiger charge is 1.97. The van der Waals surface area contributed by atoms with Crippen LogP contribution in [0.15, 0.2) is 18.2 Å². The molecule has 0 saturated heterocycles. The predicted molar refractivity (Wildman–Crippen MR) is 61.4 cm³/mol. The molecule has 1 aromatic carbocycles. The summed E-state index contributed by atoms with van der Waals surface area (Å²) in [6.45, 7) is 5.35. The van der Waals surface area contributed by atoms with Crippen LogP contribution in [0.25, 0.3) is 0 Å². The minimum Gasteiger partial charge on any atom is -0.307 e. The van der Waals surface area contributed by atoms with Gasteiger partial charge in [-0.2, -0.15) is 0 Å². The molecule has 0 aliphatic rings. The van der Waals surface area contributed by atoms with Gasteiger partial charge in [-0.3, -0.25) is 0 Å². The molecule has 13 heavy (non-hydrogen) atoms. The maximum atomic E-state index is 3.34. The Labute approximate surface area is 88.7 Å². The van der Waals surface area contributed by atoms with Gasteiger partial charge < -0.3 is 5.32 Å². The van der Waals surface area contributed by atoms with Crippen LogP contribution in [-0.4, -0.2) is 12.0 Å². The van der Waals surface area contributed by atoms with Crippen LogP contribution in [0, 0.1) is 13.8 Å². The zero-order chi connectivity index (χ0) is 9.68. The number of aryl methyl sites for hydroxylation is 2. The van der Waals surface area contributed by atoms with Crippen LogP contribution in [0.5, 0.6) is 0 Å². The van der Waals surface area contributed by atoms with E-state index < -0.39 is 0 Å². The highest BCUT2D eigenvalue weighted by molar-refractivity contribution is 9.09. The van der Waals surface area contributed by atoms with Gasteiger partial charge in [-0.05, 0) is 37.9 Å². The molecule has 0 aliphatic heterocycles. The van der Waals surface area contributed by atoms with Crippen molar-refractivity contribution in [3.05, 3.63) is 34.9 Å². The van der Waals surface area contributed by atoms with Crippen LogP contribution in [0.4, 0.5) is 0 Å². The Balaban J connectivity index is 2.56. The van der Waals surface area contributed by atoms with Gasteiger partial charge in [-0.15, -0.1) is 0 Å². The predicted octanol–water partition coefficient (Wildman–Crippen LogP) is 2.79. The van der Waals surface area contributed by atoms with Crippen molar-refractivity contribution in [2.24, 2.45) is 0 Å². The molecule has 0 amide bonds. The largest absolute Gasteiger partial charge is 0.307 e. The summed E-state index contributed by atoms with van der Waals surface area (Å²) in [5, 5.41) is 3.26. The van der Waals surface area contributed by atoms with Crippen molar-refractivity contribution in [1.29, 1.82) is 0 Å². The summed E-state index contributed by atoms with van der Waals surface area (Å²) < 4.78 is 0. The van der Waals surface area contributed by atoms with Gasteiger partial charge in [0.2, 0.25) is 0 Å². The SMILES string of the molecule is Cc1ccc(CCNCBr)c(C)c1. The van der Waals surface area contributed by atoms with Crippen molar-refractivity contribution in [2.45, 2.75) is 20.3 Å². The summed E-state index contributed by atoms with van der Waals surface area (Å²) in [7, 11) is 0. The van der Waals surface area contributed by atoms with Gasteiger partial charge >= 0.3 is 0 Å². The van der Waals surface area contributed by atoms with Crippen molar-refractivity contribution in [1.82, 2.24) is 5.32 Å². The van der Waals surface area contributed by atoms with Crippen LogP contribution in [0.2, 0.25) is 0 Å². The van der Waals surface area contributed by atoms with Crippen LogP contribution in [0.3, 0.4) is 0 Å². The molecule has 0 spiro atoms. The lowest BCUT2D eigenvalue weighted by Crippen LogP contribution is -2.14. The van der Waals surface area contributed by atoms with Gasteiger partial charge in [-0.25, -0.2) is 0 Å². The smallest absolute Gasteiger partial charge is 0.0517 e. The van der Waals surface area contributed by atoms with Crippen LogP contribution in [0.1, 0.15) is 16.7 Å². The van der Waals surface area contributed by atoms with Crippen LogP contribution < -0.4 is 5.32 Å². The van der Waals surface area contributed by atoms with E-state index >= 15 is 0 Å². The summed E-state index contributed by atoms with van der Waals surface area (Å²) in [4.78, 5) is 0. The van der Waals surface area contributed by atoms with Crippen molar-refractivity contribution >= 4 is 15.9 Å². The molecule has 0 bridgehead atoms. The average Bonchev–Trinajstić information content (AvgIpc) is 2.09. The Kier molecular flexibility index (Phi) is 4.46. The van der Waals surface area contributed by atoms with E-state index in [0.29, 0.717) is 0 Å². The maximum Gasteiger partial charge on any atom is 0.0517 e. The zero-order valence-electron chi connectivity index (χ0n) is 8.23. The molecule has 0 fully saturated rings. The second kappa shape index (κ2) is 5.40. The third-order valence-corrected chi connectivity index (χ3v) is 2.56. The highest BCUT2D eigenvalue weighted by atomic mass is 79.9. The van der Waals surface area contributed by atoms with Gasteiger partial charge in [0.1, 0.15) is 0 Å². The number of benzene rings is 1. The van der Waals surface area contributed by atoms with Crippen molar-refractivity contribution in [2.75, 3.05) is 12.0 Å². The fourth-order valence-electron chi connectivity index (χ4n) is 1.42. The lowest BCUT2D eigenvalue weighted by atomic mass is 10.0. The number of rotatable bonds is 4. The molecule has 0 saturated carbocycles. The summed E-state index contributed by atoms with van der Waals surface area (Å²) in [6, 6.07) is 6.64. The molecule has 72 valence electrons. The lowest BCUT2D eigenvalue weighted by Gasteiger charge is -2.06. The number of halogens is 1. The summed E-state index contributed by atoms with van der Waals surface area (Å²) in [5.74, 6) is 0. The fraction of sp³-hybridized carbons (Fsp3) is 0.455. The summed E-state index contributed by atoms with van der Waals surface area (Å²) >= 11 is 3.34. The fourth-order valence-corrected chi connectivity index (χ4v) is 1.70. The molecular formula is C11H16BrN. The molecule has 1 rings (SSSR count). The molecule has 1 N–H and O–H groups in total. The molecule has 0 unspecified atom stereocenters. The first-order chi connectivity index (χ1) is 6.24. The molecule has 0 radical (unpaired) electrons. The topological polar surface area (TPSA) is 12.0 Å². The normalized spacial score (nSPS) is 10.4. The quantitative estimate of drug-likeness (QED) is 0.486. The van der Waals surface area contributed by atoms with E-state index in [1.807, 2.05) is 0 Å². The average molecular weight is 242 g/mol. The van der Waals surface area contributed by atoms with Crippen molar-refractivity contribution in [3.63, 3.8) is 0 Å². The molecule has 1 aromatic rings. The first-order valence-electron chi connectivity index (χ1n) is 4.57.